The van der Waals surface area contributed by atoms with E-state index >= 15 is 0 Å². The minimum Gasteiger partial charge on any atom is -0.744 e. The highest BCUT2D eigenvalue weighted by Crippen LogP contribution is 2.46. The van der Waals surface area contributed by atoms with Crippen LogP contribution in [0.15, 0.2) is 42.6 Å². The van der Waals surface area contributed by atoms with E-state index in [4.69, 9.17) is 9.47 Å². The number of ether oxygens (including phenoxy) is 2. The van der Waals surface area contributed by atoms with Crippen molar-refractivity contribution in [2.45, 2.75) is 49.5 Å². The van der Waals surface area contributed by atoms with E-state index in [1.54, 1.807) is 57.3 Å². The van der Waals surface area contributed by atoms with Crippen LogP contribution < -0.4 is 4.74 Å². The SMILES string of the molecule is O=C(OC1CCC(C(=O)Oc2cc(I)c(S(=O)(=O)[O-])c(I)c2)C2CCCCC12)c1c(Br)cc(Br)cc1Br. The molecule has 2 fully saturated rings. The van der Waals surface area contributed by atoms with E-state index in [9.17, 15) is 22.6 Å². The molecule has 13 heteroatoms. The number of carbonyl (C=O) groups excluding carboxylic acids is 2. The minimum absolute atomic E-state index is 0.0176. The quantitative estimate of drug-likeness (QED) is 0.133. The molecular formula is C24H20Br3I2O7S-. The molecule has 37 heavy (non-hydrogen) atoms. The fraction of sp³-hybridized carbons (Fsp3) is 0.417. The van der Waals surface area contributed by atoms with Gasteiger partial charge in [-0.3, -0.25) is 4.79 Å². The van der Waals surface area contributed by atoms with Crippen LogP contribution in [0.3, 0.4) is 0 Å². The summed E-state index contributed by atoms with van der Waals surface area (Å²) in [6.07, 6.45) is 4.45. The molecule has 2 aliphatic rings. The summed E-state index contributed by atoms with van der Waals surface area (Å²) in [6.45, 7) is 0. The van der Waals surface area contributed by atoms with E-state index in [-0.39, 0.29) is 47.6 Å². The van der Waals surface area contributed by atoms with Gasteiger partial charge in [-0.15, -0.1) is 0 Å². The number of rotatable bonds is 5. The molecule has 0 N–H and O–H groups in total. The van der Waals surface area contributed by atoms with Crippen LogP contribution in [-0.2, 0) is 19.6 Å². The van der Waals surface area contributed by atoms with Crippen LogP contribution in [0.2, 0.25) is 0 Å². The van der Waals surface area contributed by atoms with Gasteiger partial charge in [0, 0.05) is 20.6 Å². The van der Waals surface area contributed by atoms with Gasteiger partial charge in [-0.1, -0.05) is 28.8 Å². The Hall–Kier alpha value is 0.190. The van der Waals surface area contributed by atoms with Gasteiger partial charge in [0.25, 0.3) is 0 Å². The van der Waals surface area contributed by atoms with Gasteiger partial charge < -0.3 is 14.0 Å². The average Bonchev–Trinajstić information content (AvgIpc) is 2.77. The lowest BCUT2D eigenvalue weighted by atomic mass is 9.64. The first-order chi connectivity index (χ1) is 17.4. The molecule has 0 spiro atoms. The Bertz CT molecular complexity index is 1310. The van der Waals surface area contributed by atoms with Crippen molar-refractivity contribution >= 4 is 115 Å². The third-order valence-electron chi connectivity index (χ3n) is 6.84. The minimum atomic E-state index is -4.64. The van der Waals surface area contributed by atoms with Crippen molar-refractivity contribution in [2.75, 3.05) is 0 Å². The van der Waals surface area contributed by atoms with Gasteiger partial charge in [-0.25, -0.2) is 13.2 Å². The van der Waals surface area contributed by atoms with Gasteiger partial charge in [0.2, 0.25) is 0 Å². The number of benzene rings is 2. The highest BCUT2D eigenvalue weighted by molar-refractivity contribution is 14.1. The fourth-order valence-corrected chi connectivity index (χ4v) is 11.8. The molecule has 2 aromatic carbocycles. The summed E-state index contributed by atoms with van der Waals surface area (Å²) in [5, 5.41) is 0. The van der Waals surface area contributed by atoms with Crippen LogP contribution in [0.4, 0.5) is 0 Å². The fourth-order valence-electron chi connectivity index (χ4n) is 5.32. The smallest absolute Gasteiger partial charge is 0.340 e. The third kappa shape index (κ3) is 6.92. The second kappa shape index (κ2) is 12.4. The summed E-state index contributed by atoms with van der Waals surface area (Å²) in [7, 11) is -4.64. The van der Waals surface area contributed by atoms with E-state index < -0.39 is 16.1 Å². The molecule has 0 radical (unpaired) electrons. The highest BCUT2D eigenvalue weighted by atomic mass is 127. The predicted molar refractivity (Wildman–Crippen MR) is 162 cm³/mol. The van der Waals surface area contributed by atoms with Crippen LogP contribution in [0.25, 0.3) is 0 Å². The van der Waals surface area contributed by atoms with Crippen LogP contribution in [0.5, 0.6) is 5.75 Å². The largest absolute Gasteiger partial charge is 0.744 e. The van der Waals surface area contributed by atoms with Gasteiger partial charge in [-0.05, 0) is 139 Å². The van der Waals surface area contributed by atoms with E-state index in [1.165, 1.54) is 12.1 Å². The van der Waals surface area contributed by atoms with E-state index in [0.29, 0.717) is 27.4 Å². The van der Waals surface area contributed by atoms with E-state index in [2.05, 4.69) is 47.8 Å². The van der Waals surface area contributed by atoms with Crippen molar-refractivity contribution in [1.82, 2.24) is 0 Å². The van der Waals surface area contributed by atoms with E-state index in [0.717, 1.165) is 30.2 Å². The summed E-state index contributed by atoms with van der Waals surface area (Å²) in [5.74, 6) is -0.889. The monoisotopic (exact) mass is 943 g/mol. The topological polar surface area (TPSA) is 110 Å². The van der Waals surface area contributed by atoms with Crippen molar-refractivity contribution in [1.29, 1.82) is 0 Å². The molecule has 0 aliphatic heterocycles. The molecule has 0 heterocycles. The Morgan fingerprint density at radius 3 is 2.03 bits per heavy atom. The normalized spacial score (nSPS) is 23.7. The summed E-state index contributed by atoms with van der Waals surface area (Å²) in [6, 6.07) is 6.37. The molecule has 0 saturated heterocycles. The van der Waals surface area contributed by atoms with Crippen molar-refractivity contribution in [3.63, 3.8) is 0 Å². The van der Waals surface area contributed by atoms with Crippen LogP contribution in [-0.4, -0.2) is 31.0 Å². The molecule has 0 bridgehead atoms. The Balaban J connectivity index is 1.50. The lowest BCUT2D eigenvalue weighted by Crippen LogP contribution is -2.45. The maximum absolute atomic E-state index is 13.3. The van der Waals surface area contributed by atoms with Crippen molar-refractivity contribution in [3.05, 3.63) is 50.4 Å². The summed E-state index contributed by atoms with van der Waals surface area (Å²) in [5.41, 5.74) is 0.421. The summed E-state index contributed by atoms with van der Waals surface area (Å²) >= 11 is 13.8. The highest BCUT2D eigenvalue weighted by Gasteiger charge is 2.46. The summed E-state index contributed by atoms with van der Waals surface area (Å²) < 4.78 is 48.8. The van der Waals surface area contributed by atoms with Crippen LogP contribution in [0.1, 0.15) is 48.9 Å². The molecule has 200 valence electrons. The molecule has 7 nitrogen and oxygen atoms in total. The Morgan fingerprint density at radius 1 is 0.892 bits per heavy atom. The van der Waals surface area contributed by atoms with Crippen LogP contribution >= 0.6 is 93.0 Å². The molecular weight excluding hydrogens is 926 g/mol. The molecule has 2 saturated carbocycles. The predicted octanol–water partition coefficient (Wildman–Crippen LogP) is 7.43. The molecule has 0 amide bonds. The first-order valence-corrected chi connectivity index (χ1v) is 17.3. The van der Waals surface area contributed by atoms with Gasteiger partial charge in [-0.2, -0.15) is 0 Å². The lowest BCUT2D eigenvalue weighted by Gasteiger charge is -2.44. The molecule has 2 aliphatic carbocycles. The number of halogens is 5. The Morgan fingerprint density at radius 2 is 1.46 bits per heavy atom. The number of esters is 2. The van der Waals surface area contributed by atoms with Gasteiger partial charge in [0.05, 0.1) is 16.4 Å². The maximum Gasteiger partial charge on any atom is 0.340 e. The zero-order chi connectivity index (χ0) is 27.1. The zero-order valence-corrected chi connectivity index (χ0v) is 28.9. The number of carbonyl (C=O) groups is 2. The van der Waals surface area contributed by atoms with Crippen molar-refractivity contribution in [3.8, 4) is 5.75 Å². The summed E-state index contributed by atoms with van der Waals surface area (Å²) in [4.78, 5) is 26.1. The standard InChI is InChI=1S/C24H21Br3I2O7S/c25-11-7-16(26)21(17(27)8-11)24(31)36-20-6-5-15(13-3-1-2-4-14(13)20)23(30)35-12-9-18(28)22(19(29)10-12)37(32,33)34/h7-10,13-15,20H,1-6H2,(H,32,33,34)/p-1. The molecule has 4 rings (SSSR count). The second-order valence-corrected chi connectivity index (χ2v) is 15.3. The van der Waals surface area contributed by atoms with E-state index in [1.807, 2.05) is 0 Å². The van der Waals surface area contributed by atoms with Gasteiger partial charge in [0.1, 0.15) is 22.0 Å². The lowest BCUT2D eigenvalue weighted by molar-refractivity contribution is -0.146. The molecule has 2 aromatic rings. The van der Waals surface area contributed by atoms with Crippen LogP contribution in [0, 0.1) is 24.9 Å². The zero-order valence-electron chi connectivity index (χ0n) is 19.0. The first kappa shape index (κ1) is 30.2. The maximum atomic E-state index is 13.3. The average molecular weight is 946 g/mol. The molecule has 4 unspecified atom stereocenters. The Labute approximate surface area is 267 Å². The Kier molecular flexibility index (Phi) is 10.1. The molecule has 4 atom stereocenters. The number of hydrogen-bond acceptors (Lipinski definition) is 7. The van der Waals surface area contributed by atoms with Gasteiger partial charge >= 0.3 is 11.9 Å². The third-order valence-corrected chi connectivity index (χ3v) is 11.9. The van der Waals surface area contributed by atoms with Crippen molar-refractivity contribution in [2.24, 2.45) is 17.8 Å². The molecule has 0 aromatic heterocycles. The first-order valence-electron chi connectivity index (χ1n) is 11.4. The van der Waals surface area contributed by atoms with Crippen molar-refractivity contribution < 1.29 is 32.0 Å². The number of fused-ring (bicyclic) bond motifs is 1. The number of hydrogen-bond donors (Lipinski definition) is 0. The second-order valence-electron chi connectivity index (χ2n) is 9.08. The van der Waals surface area contributed by atoms with Gasteiger partial charge in [0.15, 0.2) is 0 Å².